The molecule has 1 aromatic carbocycles. The van der Waals surface area contributed by atoms with Crippen LogP contribution in [0, 0.1) is 5.92 Å². The van der Waals surface area contributed by atoms with Gasteiger partial charge < -0.3 is 5.32 Å². The highest BCUT2D eigenvalue weighted by molar-refractivity contribution is 7.80. The largest absolute Gasteiger partial charge is 0.346 e. The van der Waals surface area contributed by atoms with E-state index in [1.165, 1.54) is 0 Å². The SMILES string of the molecule is O=C1C2CCCNC2NC(=S)N1c1ccccc1. The van der Waals surface area contributed by atoms with Crippen LogP contribution in [0.3, 0.4) is 0 Å². The zero-order chi connectivity index (χ0) is 12.5. The van der Waals surface area contributed by atoms with Crippen molar-refractivity contribution in [1.82, 2.24) is 10.6 Å². The third kappa shape index (κ3) is 1.89. The van der Waals surface area contributed by atoms with Gasteiger partial charge in [0.05, 0.1) is 17.8 Å². The van der Waals surface area contributed by atoms with Crippen molar-refractivity contribution in [2.24, 2.45) is 5.92 Å². The van der Waals surface area contributed by atoms with E-state index in [4.69, 9.17) is 12.2 Å². The Kier molecular flexibility index (Phi) is 3.01. The second kappa shape index (κ2) is 4.66. The van der Waals surface area contributed by atoms with Gasteiger partial charge in [-0.2, -0.15) is 0 Å². The highest BCUT2D eigenvalue weighted by Gasteiger charge is 2.40. The highest BCUT2D eigenvalue weighted by Crippen LogP contribution is 2.26. The van der Waals surface area contributed by atoms with Crippen LogP contribution in [0.4, 0.5) is 5.69 Å². The summed E-state index contributed by atoms with van der Waals surface area (Å²) in [4.78, 5) is 14.1. The Labute approximate surface area is 111 Å². The number of rotatable bonds is 1. The van der Waals surface area contributed by atoms with E-state index in [1.54, 1.807) is 4.90 Å². The normalized spacial score (nSPS) is 27.7. The Balaban J connectivity index is 1.91. The third-order valence-electron chi connectivity index (χ3n) is 3.49. The zero-order valence-electron chi connectivity index (χ0n) is 9.93. The molecule has 0 saturated carbocycles. The van der Waals surface area contributed by atoms with E-state index in [-0.39, 0.29) is 18.0 Å². The summed E-state index contributed by atoms with van der Waals surface area (Å²) in [5.41, 5.74) is 0.837. The number of nitrogens with one attached hydrogen (secondary N) is 2. The van der Waals surface area contributed by atoms with E-state index in [1.807, 2.05) is 30.3 Å². The lowest BCUT2D eigenvalue weighted by atomic mass is 9.92. The molecule has 2 fully saturated rings. The van der Waals surface area contributed by atoms with Gasteiger partial charge in [0.25, 0.3) is 0 Å². The first kappa shape index (κ1) is 11.6. The summed E-state index contributed by atoms with van der Waals surface area (Å²) in [7, 11) is 0. The Bertz CT molecular complexity index is 476. The number of para-hydroxylation sites is 1. The summed E-state index contributed by atoms with van der Waals surface area (Å²) in [6, 6.07) is 9.57. The maximum Gasteiger partial charge on any atom is 0.239 e. The summed E-state index contributed by atoms with van der Waals surface area (Å²) >= 11 is 5.31. The third-order valence-corrected chi connectivity index (χ3v) is 3.79. The quantitative estimate of drug-likeness (QED) is 0.746. The van der Waals surface area contributed by atoms with Gasteiger partial charge in [0.2, 0.25) is 5.91 Å². The Morgan fingerprint density at radius 1 is 1.28 bits per heavy atom. The number of piperidine rings is 1. The van der Waals surface area contributed by atoms with E-state index in [0.29, 0.717) is 5.11 Å². The van der Waals surface area contributed by atoms with Crippen LogP contribution in [0.1, 0.15) is 12.8 Å². The van der Waals surface area contributed by atoms with Crippen molar-refractivity contribution in [2.75, 3.05) is 11.4 Å². The molecule has 1 amide bonds. The molecule has 2 saturated heterocycles. The number of carbonyl (C=O) groups excluding carboxylic acids is 1. The van der Waals surface area contributed by atoms with Crippen LogP contribution in [0.15, 0.2) is 30.3 Å². The van der Waals surface area contributed by atoms with Gasteiger partial charge in [0, 0.05) is 0 Å². The second-order valence-electron chi connectivity index (χ2n) is 4.64. The molecule has 0 radical (unpaired) electrons. The molecule has 5 heteroatoms. The van der Waals surface area contributed by atoms with Crippen molar-refractivity contribution < 1.29 is 4.79 Å². The van der Waals surface area contributed by atoms with Gasteiger partial charge in [-0.05, 0) is 43.7 Å². The summed E-state index contributed by atoms with van der Waals surface area (Å²) < 4.78 is 0. The molecule has 0 aromatic heterocycles. The molecule has 3 rings (SSSR count). The van der Waals surface area contributed by atoms with Crippen LogP contribution in [0.5, 0.6) is 0 Å². The average Bonchev–Trinajstić information content (AvgIpc) is 2.40. The molecule has 18 heavy (non-hydrogen) atoms. The molecule has 2 aliphatic heterocycles. The van der Waals surface area contributed by atoms with Crippen LogP contribution in [0.25, 0.3) is 0 Å². The number of thiocarbonyl (C=S) groups is 1. The van der Waals surface area contributed by atoms with Crippen LogP contribution >= 0.6 is 12.2 Å². The van der Waals surface area contributed by atoms with Crippen molar-refractivity contribution in [2.45, 2.75) is 19.0 Å². The first-order valence-corrected chi connectivity index (χ1v) is 6.61. The van der Waals surface area contributed by atoms with Crippen molar-refractivity contribution in [3.63, 3.8) is 0 Å². The van der Waals surface area contributed by atoms with Crippen LogP contribution in [-0.2, 0) is 4.79 Å². The molecule has 4 nitrogen and oxygen atoms in total. The molecule has 2 heterocycles. The molecular weight excluding hydrogens is 246 g/mol. The lowest BCUT2D eigenvalue weighted by molar-refractivity contribution is -0.124. The number of nitrogens with zero attached hydrogens (tertiary/aromatic N) is 1. The number of hydrogen-bond acceptors (Lipinski definition) is 3. The zero-order valence-corrected chi connectivity index (χ0v) is 10.7. The maximum absolute atomic E-state index is 12.5. The monoisotopic (exact) mass is 261 g/mol. The lowest BCUT2D eigenvalue weighted by Gasteiger charge is -2.42. The van der Waals surface area contributed by atoms with E-state index in [0.717, 1.165) is 25.1 Å². The minimum absolute atomic E-state index is 0.00119. The standard InChI is InChI=1S/C13H15N3OS/c17-12-10-7-4-8-14-11(10)15-13(18)16(12)9-5-2-1-3-6-9/h1-3,5-6,10-11,14H,4,7-8H2,(H,15,18). The number of benzene rings is 1. The molecule has 0 bridgehead atoms. The molecule has 0 aliphatic carbocycles. The summed E-state index contributed by atoms with van der Waals surface area (Å²) in [6.45, 7) is 0.940. The molecule has 94 valence electrons. The fraction of sp³-hybridized carbons (Fsp3) is 0.385. The maximum atomic E-state index is 12.5. The predicted molar refractivity (Wildman–Crippen MR) is 74.2 cm³/mol. The lowest BCUT2D eigenvalue weighted by Crippen LogP contribution is -2.66. The minimum Gasteiger partial charge on any atom is -0.346 e. The number of fused-ring (bicyclic) bond motifs is 1. The second-order valence-corrected chi connectivity index (χ2v) is 5.03. The van der Waals surface area contributed by atoms with Gasteiger partial charge in [-0.25, -0.2) is 0 Å². The van der Waals surface area contributed by atoms with Crippen LogP contribution in [-0.4, -0.2) is 23.7 Å². The molecule has 2 N–H and O–H groups in total. The first-order chi connectivity index (χ1) is 8.77. The van der Waals surface area contributed by atoms with Gasteiger partial charge in [0.15, 0.2) is 5.11 Å². The van der Waals surface area contributed by atoms with Gasteiger partial charge in [-0.3, -0.25) is 15.0 Å². The number of amides is 1. The highest BCUT2D eigenvalue weighted by atomic mass is 32.1. The van der Waals surface area contributed by atoms with Gasteiger partial charge in [-0.15, -0.1) is 0 Å². The van der Waals surface area contributed by atoms with Gasteiger partial charge >= 0.3 is 0 Å². The Morgan fingerprint density at radius 3 is 2.83 bits per heavy atom. The van der Waals surface area contributed by atoms with Crippen molar-refractivity contribution in [3.8, 4) is 0 Å². The van der Waals surface area contributed by atoms with Crippen LogP contribution in [0.2, 0.25) is 0 Å². The van der Waals surface area contributed by atoms with Gasteiger partial charge in [-0.1, -0.05) is 18.2 Å². The number of carbonyl (C=O) groups is 1. The van der Waals surface area contributed by atoms with Crippen molar-refractivity contribution in [3.05, 3.63) is 30.3 Å². The molecule has 1 aromatic rings. The van der Waals surface area contributed by atoms with E-state index in [9.17, 15) is 4.79 Å². The molecular formula is C13H15N3OS. The molecule has 2 unspecified atom stereocenters. The summed E-state index contributed by atoms with van der Waals surface area (Å²) in [5, 5.41) is 7.02. The van der Waals surface area contributed by atoms with Gasteiger partial charge in [0.1, 0.15) is 0 Å². The van der Waals surface area contributed by atoms with Crippen molar-refractivity contribution >= 4 is 28.9 Å². The number of anilines is 1. The Hall–Kier alpha value is -1.46. The summed E-state index contributed by atoms with van der Waals surface area (Å²) in [6.07, 6.45) is 1.94. The van der Waals surface area contributed by atoms with E-state index in [2.05, 4.69) is 10.6 Å². The topological polar surface area (TPSA) is 44.4 Å². The van der Waals surface area contributed by atoms with Crippen molar-refractivity contribution in [1.29, 1.82) is 0 Å². The smallest absolute Gasteiger partial charge is 0.239 e. The molecule has 2 aliphatic rings. The fourth-order valence-corrected chi connectivity index (χ4v) is 2.91. The Morgan fingerprint density at radius 2 is 2.06 bits per heavy atom. The predicted octanol–water partition coefficient (Wildman–Crippen LogP) is 1.23. The minimum atomic E-state index is -0.0225. The number of hydrogen-bond donors (Lipinski definition) is 2. The van der Waals surface area contributed by atoms with E-state index < -0.39 is 0 Å². The van der Waals surface area contributed by atoms with E-state index >= 15 is 0 Å². The average molecular weight is 261 g/mol. The van der Waals surface area contributed by atoms with Crippen LogP contribution < -0.4 is 15.5 Å². The first-order valence-electron chi connectivity index (χ1n) is 6.20. The molecule has 0 spiro atoms. The summed E-state index contributed by atoms with van der Waals surface area (Å²) in [5.74, 6) is 0.0767. The molecule has 2 atom stereocenters. The fourth-order valence-electron chi connectivity index (χ4n) is 2.59.